The minimum absolute atomic E-state index is 0.0309. The van der Waals surface area contributed by atoms with Crippen molar-refractivity contribution in [2.24, 2.45) is 11.3 Å². The zero-order valence-corrected chi connectivity index (χ0v) is 22.9. The number of fused-ring (bicyclic) bond motifs is 1. The van der Waals surface area contributed by atoms with Gasteiger partial charge in [0.25, 0.3) is 0 Å². The zero-order chi connectivity index (χ0) is 26.3. The summed E-state index contributed by atoms with van der Waals surface area (Å²) in [6.07, 6.45) is 5.55. The molecule has 3 atom stereocenters. The SMILES string of the molecule is CC(=O)[C@H](C)[C@@H]1CCc2ccc(OCc3ccc(-c4cc(C)ccc4F)c([C@@H]4CCCC4(C)C)c3)cc21. The number of hydrogen-bond donors (Lipinski definition) is 0. The molecule has 0 N–H and O–H groups in total. The van der Waals surface area contributed by atoms with Gasteiger partial charge in [-0.2, -0.15) is 0 Å². The lowest BCUT2D eigenvalue weighted by molar-refractivity contribution is -0.120. The maximum Gasteiger partial charge on any atom is 0.133 e. The van der Waals surface area contributed by atoms with Gasteiger partial charge < -0.3 is 4.74 Å². The highest BCUT2D eigenvalue weighted by molar-refractivity contribution is 5.79. The second-order valence-corrected chi connectivity index (χ2v) is 12.0. The Morgan fingerprint density at radius 2 is 1.84 bits per heavy atom. The molecule has 0 aliphatic heterocycles. The number of benzene rings is 3. The highest BCUT2D eigenvalue weighted by Gasteiger charge is 2.37. The summed E-state index contributed by atoms with van der Waals surface area (Å²) >= 11 is 0. The summed E-state index contributed by atoms with van der Waals surface area (Å²) in [6, 6.07) is 18.2. The lowest BCUT2D eigenvalue weighted by Gasteiger charge is -2.30. The number of halogens is 1. The highest BCUT2D eigenvalue weighted by atomic mass is 19.1. The van der Waals surface area contributed by atoms with Crippen LogP contribution in [0.25, 0.3) is 11.1 Å². The van der Waals surface area contributed by atoms with Crippen molar-refractivity contribution in [2.75, 3.05) is 0 Å². The molecule has 37 heavy (non-hydrogen) atoms. The number of Topliss-reactive ketones (excluding diaryl/α,β-unsaturated/α-hetero) is 1. The molecule has 0 amide bonds. The van der Waals surface area contributed by atoms with E-state index in [1.165, 1.54) is 29.5 Å². The first-order valence-corrected chi connectivity index (χ1v) is 13.8. The summed E-state index contributed by atoms with van der Waals surface area (Å²) < 4.78 is 21.3. The predicted octanol–water partition coefficient (Wildman–Crippen LogP) is 8.93. The maximum absolute atomic E-state index is 15.0. The molecule has 2 aliphatic rings. The quantitative estimate of drug-likeness (QED) is 0.325. The van der Waals surface area contributed by atoms with Crippen LogP contribution in [0.4, 0.5) is 4.39 Å². The number of aryl methyl sites for hydroxylation is 2. The Bertz CT molecular complexity index is 1320. The molecule has 0 radical (unpaired) electrons. The standard InChI is InChI=1S/C34H39FO2/c1-21-8-15-33(35)31(17-21)28-13-9-24(18-30(28)32-7-6-16-34(32,4)5)20-37-26-12-10-25-11-14-27(29(25)19-26)22(2)23(3)36/h8-10,12-13,15,17-19,22,27,32H,6-7,11,14,16,20H2,1-5H3/t22-,27-,32-/m0/s1. The smallest absolute Gasteiger partial charge is 0.133 e. The van der Waals surface area contributed by atoms with Gasteiger partial charge in [0.05, 0.1) is 0 Å². The Hall–Kier alpha value is -2.94. The van der Waals surface area contributed by atoms with E-state index < -0.39 is 0 Å². The molecule has 194 valence electrons. The van der Waals surface area contributed by atoms with E-state index >= 15 is 0 Å². The number of ether oxygens (including phenoxy) is 1. The monoisotopic (exact) mass is 498 g/mol. The van der Waals surface area contributed by atoms with Crippen LogP contribution in [0.2, 0.25) is 0 Å². The summed E-state index contributed by atoms with van der Waals surface area (Å²) in [4.78, 5) is 12.0. The van der Waals surface area contributed by atoms with E-state index in [1.54, 1.807) is 13.0 Å². The number of carbonyl (C=O) groups excluding carboxylic acids is 1. The first kappa shape index (κ1) is 25.7. The summed E-state index contributed by atoms with van der Waals surface area (Å²) in [5, 5.41) is 0. The Labute approximate surface area is 221 Å². The third-order valence-corrected chi connectivity index (χ3v) is 9.05. The van der Waals surface area contributed by atoms with Gasteiger partial charge in [0, 0.05) is 11.5 Å². The van der Waals surface area contributed by atoms with E-state index in [2.05, 4.69) is 50.2 Å². The van der Waals surface area contributed by atoms with Gasteiger partial charge in [-0.25, -0.2) is 4.39 Å². The van der Waals surface area contributed by atoms with Crippen LogP contribution in [-0.4, -0.2) is 5.78 Å². The Morgan fingerprint density at radius 3 is 2.57 bits per heavy atom. The fourth-order valence-corrected chi connectivity index (χ4v) is 6.66. The number of hydrogen-bond acceptors (Lipinski definition) is 2. The molecule has 0 unspecified atom stereocenters. The third kappa shape index (κ3) is 5.10. The summed E-state index contributed by atoms with van der Waals surface area (Å²) in [6.45, 7) is 10.9. The Balaban J connectivity index is 1.44. The van der Waals surface area contributed by atoms with Crippen LogP contribution < -0.4 is 4.74 Å². The van der Waals surface area contributed by atoms with Crippen molar-refractivity contribution >= 4 is 5.78 Å². The fraction of sp³-hybridized carbons (Fsp3) is 0.441. The second kappa shape index (κ2) is 10.1. The average Bonchev–Trinajstić information content (AvgIpc) is 3.45. The average molecular weight is 499 g/mol. The molecule has 1 fully saturated rings. The molecule has 3 aromatic carbocycles. The van der Waals surface area contributed by atoms with Crippen molar-refractivity contribution in [3.8, 4) is 16.9 Å². The second-order valence-electron chi connectivity index (χ2n) is 12.0. The first-order chi connectivity index (χ1) is 17.6. The molecule has 2 nitrogen and oxygen atoms in total. The Kier molecular flexibility index (Phi) is 7.00. The maximum atomic E-state index is 15.0. The molecule has 0 spiro atoms. The molecule has 1 saturated carbocycles. The zero-order valence-electron chi connectivity index (χ0n) is 22.9. The van der Waals surface area contributed by atoms with E-state index in [0.717, 1.165) is 41.7 Å². The Morgan fingerprint density at radius 1 is 1.03 bits per heavy atom. The van der Waals surface area contributed by atoms with Gasteiger partial charge in [-0.15, -0.1) is 0 Å². The van der Waals surface area contributed by atoms with Crippen LogP contribution in [0.5, 0.6) is 5.75 Å². The van der Waals surface area contributed by atoms with Crippen molar-refractivity contribution < 1.29 is 13.9 Å². The van der Waals surface area contributed by atoms with Gasteiger partial charge in [0.2, 0.25) is 0 Å². The van der Waals surface area contributed by atoms with Crippen LogP contribution in [0.15, 0.2) is 54.6 Å². The lowest BCUT2D eigenvalue weighted by Crippen LogP contribution is -2.17. The van der Waals surface area contributed by atoms with E-state index in [-0.39, 0.29) is 28.9 Å². The van der Waals surface area contributed by atoms with Gasteiger partial charge in [-0.3, -0.25) is 4.79 Å². The summed E-state index contributed by atoms with van der Waals surface area (Å²) in [5.41, 5.74) is 7.87. The minimum Gasteiger partial charge on any atom is -0.489 e. The largest absolute Gasteiger partial charge is 0.489 e. The van der Waals surface area contributed by atoms with Gasteiger partial charge in [-0.1, -0.05) is 63.1 Å². The van der Waals surface area contributed by atoms with Crippen molar-refractivity contribution in [1.29, 1.82) is 0 Å². The molecule has 3 aromatic rings. The van der Waals surface area contributed by atoms with Crippen molar-refractivity contribution in [3.05, 3.63) is 88.2 Å². The van der Waals surface area contributed by atoms with Crippen molar-refractivity contribution in [1.82, 2.24) is 0 Å². The molecule has 0 saturated heterocycles. The van der Waals surface area contributed by atoms with E-state index in [0.29, 0.717) is 18.1 Å². The number of rotatable bonds is 7. The number of carbonyl (C=O) groups is 1. The molecule has 2 aliphatic carbocycles. The third-order valence-electron chi connectivity index (χ3n) is 9.05. The highest BCUT2D eigenvalue weighted by Crippen LogP contribution is 2.51. The van der Waals surface area contributed by atoms with Gasteiger partial charge in [-0.05, 0) is 109 Å². The van der Waals surface area contributed by atoms with E-state index in [1.807, 2.05) is 26.0 Å². The molecular formula is C34H39FO2. The lowest BCUT2D eigenvalue weighted by atomic mass is 9.75. The molecule has 3 heteroatoms. The van der Waals surface area contributed by atoms with E-state index in [4.69, 9.17) is 4.74 Å². The summed E-state index contributed by atoms with van der Waals surface area (Å²) in [7, 11) is 0. The van der Waals surface area contributed by atoms with Gasteiger partial charge in [0.15, 0.2) is 0 Å². The van der Waals surface area contributed by atoms with Crippen molar-refractivity contribution in [3.63, 3.8) is 0 Å². The van der Waals surface area contributed by atoms with Gasteiger partial charge in [0.1, 0.15) is 24.0 Å². The fourth-order valence-electron chi connectivity index (χ4n) is 6.66. The topological polar surface area (TPSA) is 26.3 Å². The van der Waals surface area contributed by atoms with Crippen LogP contribution in [0, 0.1) is 24.1 Å². The van der Waals surface area contributed by atoms with Crippen LogP contribution in [-0.2, 0) is 17.8 Å². The normalized spacial score (nSPS) is 21.0. The van der Waals surface area contributed by atoms with Gasteiger partial charge >= 0.3 is 0 Å². The van der Waals surface area contributed by atoms with Crippen molar-refractivity contribution in [2.45, 2.75) is 85.2 Å². The van der Waals surface area contributed by atoms with Crippen LogP contribution >= 0.6 is 0 Å². The van der Waals surface area contributed by atoms with Crippen LogP contribution in [0.1, 0.15) is 93.0 Å². The first-order valence-electron chi connectivity index (χ1n) is 13.8. The molecule has 5 rings (SSSR count). The van der Waals surface area contributed by atoms with Crippen LogP contribution in [0.3, 0.4) is 0 Å². The minimum atomic E-state index is -0.167. The number of ketones is 1. The molecular weight excluding hydrogens is 459 g/mol. The molecule has 0 heterocycles. The molecule has 0 aromatic heterocycles. The summed E-state index contributed by atoms with van der Waals surface area (Å²) in [5.74, 6) is 1.61. The molecule has 0 bridgehead atoms. The van der Waals surface area contributed by atoms with E-state index in [9.17, 15) is 9.18 Å². The predicted molar refractivity (Wildman–Crippen MR) is 149 cm³/mol.